The molecule has 0 spiro atoms. The standard InChI is InChI=1S/C16H24N2O2.ClH/c1-3-8-20-15-5-4-14-11-18(7-6-13(14)10-15)16(19)9-12(2)17;/h4-5,10,12H,3,6-9,11,17H2,1-2H3;1H. The first-order valence-electron chi connectivity index (χ1n) is 7.38. The number of ether oxygens (including phenoxy) is 1. The second-order valence-corrected chi connectivity index (χ2v) is 5.53. The monoisotopic (exact) mass is 312 g/mol. The predicted octanol–water partition coefficient (Wildman–Crippen LogP) is 2.52. The van der Waals surface area contributed by atoms with Crippen molar-refractivity contribution in [1.29, 1.82) is 0 Å². The molecule has 1 aromatic rings. The molecule has 0 bridgehead atoms. The van der Waals surface area contributed by atoms with Crippen LogP contribution in [0, 0.1) is 0 Å². The molecule has 0 fully saturated rings. The van der Waals surface area contributed by atoms with Gasteiger partial charge in [0.1, 0.15) is 5.75 Å². The average Bonchev–Trinajstić information content (AvgIpc) is 2.43. The summed E-state index contributed by atoms with van der Waals surface area (Å²) in [5.41, 5.74) is 8.21. The SMILES string of the molecule is CCCOc1ccc2c(c1)CCN(C(=O)CC(C)N)C2.Cl. The number of benzene rings is 1. The van der Waals surface area contributed by atoms with E-state index in [1.54, 1.807) is 0 Å². The first-order chi connectivity index (χ1) is 9.60. The third kappa shape index (κ3) is 4.90. The van der Waals surface area contributed by atoms with Crippen LogP contribution in [0.25, 0.3) is 0 Å². The molecule has 0 saturated heterocycles. The highest BCUT2D eigenvalue weighted by molar-refractivity contribution is 5.85. The Balaban J connectivity index is 0.00000220. The molecule has 118 valence electrons. The average molecular weight is 313 g/mol. The zero-order chi connectivity index (χ0) is 14.5. The molecule has 2 rings (SSSR count). The second kappa shape index (κ2) is 8.25. The van der Waals surface area contributed by atoms with Gasteiger partial charge in [-0.15, -0.1) is 12.4 Å². The van der Waals surface area contributed by atoms with Crippen molar-refractivity contribution < 1.29 is 9.53 Å². The quantitative estimate of drug-likeness (QED) is 0.909. The van der Waals surface area contributed by atoms with Gasteiger partial charge in [0, 0.05) is 25.6 Å². The molecule has 1 heterocycles. The van der Waals surface area contributed by atoms with Gasteiger partial charge < -0.3 is 15.4 Å². The number of amides is 1. The Labute approximate surface area is 133 Å². The summed E-state index contributed by atoms with van der Waals surface area (Å²) in [5.74, 6) is 1.08. The Morgan fingerprint density at radius 2 is 2.19 bits per heavy atom. The van der Waals surface area contributed by atoms with E-state index in [4.69, 9.17) is 10.5 Å². The molecule has 5 heteroatoms. The van der Waals surface area contributed by atoms with Crippen molar-refractivity contribution in [3.8, 4) is 5.75 Å². The summed E-state index contributed by atoms with van der Waals surface area (Å²) in [6.45, 7) is 6.18. The molecule has 21 heavy (non-hydrogen) atoms. The lowest BCUT2D eigenvalue weighted by Gasteiger charge is -2.29. The van der Waals surface area contributed by atoms with Crippen LogP contribution in [0.5, 0.6) is 5.75 Å². The molecule has 0 aromatic heterocycles. The lowest BCUT2D eigenvalue weighted by Crippen LogP contribution is -2.38. The molecule has 0 aliphatic carbocycles. The fourth-order valence-electron chi connectivity index (χ4n) is 2.46. The van der Waals surface area contributed by atoms with E-state index < -0.39 is 0 Å². The number of carbonyl (C=O) groups is 1. The molecular weight excluding hydrogens is 288 g/mol. The van der Waals surface area contributed by atoms with Gasteiger partial charge in [-0.05, 0) is 43.0 Å². The van der Waals surface area contributed by atoms with Crippen LogP contribution in [0.2, 0.25) is 0 Å². The van der Waals surface area contributed by atoms with E-state index in [9.17, 15) is 4.79 Å². The second-order valence-electron chi connectivity index (χ2n) is 5.53. The molecule has 0 saturated carbocycles. The zero-order valence-electron chi connectivity index (χ0n) is 12.8. The first-order valence-corrected chi connectivity index (χ1v) is 7.38. The van der Waals surface area contributed by atoms with E-state index in [-0.39, 0.29) is 24.4 Å². The van der Waals surface area contributed by atoms with Gasteiger partial charge in [-0.3, -0.25) is 4.79 Å². The molecular formula is C16H25ClN2O2. The summed E-state index contributed by atoms with van der Waals surface area (Å²) in [6, 6.07) is 6.10. The van der Waals surface area contributed by atoms with Gasteiger partial charge in [0.05, 0.1) is 6.61 Å². The number of nitrogens with zero attached hydrogens (tertiary/aromatic N) is 1. The molecule has 1 aliphatic heterocycles. The van der Waals surface area contributed by atoms with Crippen molar-refractivity contribution in [2.75, 3.05) is 13.2 Å². The maximum Gasteiger partial charge on any atom is 0.224 e. The Kier molecular flexibility index (Phi) is 6.99. The lowest BCUT2D eigenvalue weighted by atomic mass is 9.99. The van der Waals surface area contributed by atoms with Gasteiger partial charge in [-0.2, -0.15) is 0 Å². The van der Waals surface area contributed by atoms with Crippen LogP contribution < -0.4 is 10.5 Å². The van der Waals surface area contributed by atoms with E-state index in [1.165, 1.54) is 11.1 Å². The summed E-state index contributed by atoms with van der Waals surface area (Å²) in [4.78, 5) is 13.9. The number of hydrogen-bond acceptors (Lipinski definition) is 3. The predicted molar refractivity (Wildman–Crippen MR) is 86.9 cm³/mol. The van der Waals surface area contributed by atoms with Crippen LogP contribution in [0.15, 0.2) is 18.2 Å². The van der Waals surface area contributed by atoms with Crippen LogP contribution in [0.4, 0.5) is 0 Å². The Morgan fingerprint density at radius 3 is 2.86 bits per heavy atom. The van der Waals surface area contributed by atoms with Crippen LogP contribution in [0.3, 0.4) is 0 Å². The maximum absolute atomic E-state index is 12.0. The van der Waals surface area contributed by atoms with Crippen molar-refractivity contribution in [3.05, 3.63) is 29.3 Å². The summed E-state index contributed by atoms with van der Waals surface area (Å²) in [7, 11) is 0. The van der Waals surface area contributed by atoms with Crippen LogP contribution in [-0.4, -0.2) is 30.0 Å². The highest BCUT2D eigenvalue weighted by Gasteiger charge is 2.21. The molecule has 2 N–H and O–H groups in total. The molecule has 1 unspecified atom stereocenters. The van der Waals surface area contributed by atoms with Gasteiger partial charge in [-0.1, -0.05) is 13.0 Å². The highest BCUT2D eigenvalue weighted by Crippen LogP contribution is 2.24. The summed E-state index contributed by atoms with van der Waals surface area (Å²) in [6.07, 6.45) is 2.33. The highest BCUT2D eigenvalue weighted by atomic mass is 35.5. The largest absolute Gasteiger partial charge is 0.494 e. The van der Waals surface area contributed by atoms with E-state index >= 15 is 0 Å². The Hall–Kier alpha value is -1.26. The van der Waals surface area contributed by atoms with E-state index in [0.29, 0.717) is 13.0 Å². The number of hydrogen-bond donors (Lipinski definition) is 1. The number of carbonyl (C=O) groups excluding carboxylic acids is 1. The molecule has 1 atom stereocenters. The van der Waals surface area contributed by atoms with Crippen molar-refractivity contribution >= 4 is 18.3 Å². The lowest BCUT2D eigenvalue weighted by molar-refractivity contribution is -0.132. The third-order valence-corrected chi connectivity index (χ3v) is 3.51. The minimum atomic E-state index is -0.0753. The normalized spacial score (nSPS) is 14.9. The summed E-state index contributed by atoms with van der Waals surface area (Å²) in [5, 5.41) is 0. The molecule has 1 amide bonds. The fourth-order valence-corrected chi connectivity index (χ4v) is 2.46. The van der Waals surface area contributed by atoms with Crippen LogP contribution in [0.1, 0.15) is 37.8 Å². The molecule has 0 radical (unpaired) electrons. The van der Waals surface area contributed by atoms with Gasteiger partial charge in [-0.25, -0.2) is 0 Å². The van der Waals surface area contributed by atoms with Crippen LogP contribution >= 0.6 is 12.4 Å². The van der Waals surface area contributed by atoms with Crippen LogP contribution in [-0.2, 0) is 17.8 Å². The van der Waals surface area contributed by atoms with Gasteiger partial charge >= 0.3 is 0 Å². The number of rotatable bonds is 5. The summed E-state index contributed by atoms with van der Waals surface area (Å²) < 4.78 is 5.65. The number of fused-ring (bicyclic) bond motifs is 1. The minimum Gasteiger partial charge on any atom is -0.494 e. The van der Waals surface area contributed by atoms with Gasteiger partial charge in [0.2, 0.25) is 5.91 Å². The number of halogens is 1. The minimum absolute atomic E-state index is 0. The van der Waals surface area contributed by atoms with E-state index in [2.05, 4.69) is 19.1 Å². The first kappa shape index (κ1) is 17.8. The Bertz CT molecular complexity index is 477. The smallest absolute Gasteiger partial charge is 0.224 e. The third-order valence-electron chi connectivity index (χ3n) is 3.51. The van der Waals surface area contributed by atoms with Gasteiger partial charge in [0.25, 0.3) is 0 Å². The Morgan fingerprint density at radius 1 is 1.43 bits per heavy atom. The van der Waals surface area contributed by atoms with Crippen molar-refractivity contribution in [2.45, 2.75) is 45.7 Å². The fraction of sp³-hybridized carbons (Fsp3) is 0.562. The van der Waals surface area contributed by atoms with Crippen molar-refractivity contribution in [2.24, 2.45) is 5.73 Å². The van der Waals surface area contributed by atoms with Crippen molar-refractivity contribution in [3.63, 3.8) is 0 Å². The van der Waals surface area contributed by atoms with Gasteiger partial charge in [0.15, 0.2) is 0 Å². The molecule has 4 nitrogen and oxygen atoms in total. The molecule has 1 aromatic carbocycles. The molecule has 1 aliphatic rings. The number of nitrogens with two attached hydrogens (primary N) is 1. The maximum atomic E-state index is 12.0. The van der Waals surface area contributed by atoms with E-state index in [0.717, 1.165) is 31.7 Å². The van der Waals surface area contributed by atoms with Crippen molar-refractivity contribution in [1.82, 2.24) is 4.90 Å². The topological polar surface area (TPSA) is 55.6 Å². The zero-order valence-corrected chi connectivity index (χ0v) is 13.6. The summed E-state index contributed by atoms with van der Waals surface area (Å²) >= 11 is 0. The van der Waals surface area contributed by atoms with E-state index in [1.807, 2.05) is 17.9 Å².